The van der Waals surface area contributed by atoms with Gasteiger partial charge in [-0.2, -0.15) is 10.2 Å². The molecule has 0 aliphatic carbocycles. The van der Waals surface area contributed by atoms with E-state index < -0.39 is 0 Å². The molecule has 0 saturated heterocycles. The van der Waals surface area contributed by atoms with Crippen molar-refractivity contribution in [2.45, 2.75) is 52.1 Å². The molecule has 0 spiro atoms. The summed E-state index contributed by atoms with van der Waals surface area (Å²) in [6, 6.07) is 12.0. The Morgan fingerprint density at radius 2 is 1.82 bits per heavy atom. The Bertz CT molecular complexity index is 1320. The molecule has 1 amide bonds. The lowest BCUT2D eigenvalue weighted by Crippen LogP contribution is -2.33. The molecule has 9 nitrogen and oxygen atoms in total. The zero-order valence-corrected chi connectivity index (χ0v) is 23.2. The van der Waals surface area contributed by atoms with Crippen LogP contribution in [0.5, 0.6) is 17.2 Å². The second-order valence-corrected chi connectivity index (χ2v) is 10.5. The quantitative estimate of drug-likeness (QED) is 0.333. The highest BCUT2D eigenvalue weighted by Crippen LogP contribution is 2.39. The normalized spacial score (nSPS) is 15.8. The molecule has 1 aromatic heterocycles. The monoisotopic (exact) mass is 519 g/mol. The van der Waals surface area contributed by atoms with Crippen LogP contribution in [0.15, 0.2) is 41.5 Å². The average molecular weight is 520 g/mol. The highest BCUT2D eigenvalue weighted by molar-refractivity contribution is 5.93. The van der Waals surface area contributed by atoms with E-state index in [0.717, 1.165) is 47.0 Å². The number of nitrogens with one attached hydrogen (secondary N) is 2. The Morgan fingerprint density at radius 1 is 1.11 bits per heavy atom. The van der Waals surface area contributed by atoms with E-state index in [9.17, 15) is 4.79 Å². The number of benzene rings is 2. The Labute approximate surface area is 224 Å². The number of hydrogen-bond acceptors (Lipinski definition) is 7. The van der Waals surface area contributed by atoms with Gasteiger partial charge in [-0.15, -0.1) is 0 Å². The van der Waals surface area contributed by atoms with Crippen molar-refractivity contribution in [2.24, 2.45) is 5.10 Å². The fourth-order valence-electron chi connectivity index (χ4n) is 4.68. The van der Waals surface area contributed by atoms with E-state index >= 15 is 0 Å². The van der Waals surface area contributed by atoms with Crippen LogP contribution in [-0.4, -0.2) is 55.1 Å². The van der Waals surface area contributed by atoms with Gasteiger partial charge < -0.3 is 14.2 Å². The summed E-state index contributed by atoms with van der Waals surface area (Å²) in [5.74, 6) is 1.94. The van der Waals surface area contributed by atoms with Gasteiger partial charge >= 0.3 is 0 Å². The van der Waals surface area contributed by atoms with Crippen LogP contribution in [0.3, 0.4) is 0 Å². The summed E-state index contributed by atoms with van der Waals surface area (Å²) >= 11 is 0. The molecular formula is C29H37N5O4. The Kier molecular flexibility index (Phi) is 8.06. The van der Waals surface area contributed by atoms with Crippen molar-refractivity contribution in [3.63, 3.8) is 0 Å². The number of carbonyl (C=O) groups excluding carboxylic acids is 1. The third-order valence-corrected chi connectivity index (χ3v) is 6.99. The molecule has 1 aliphatic heterocycles. The zero-order chi connectivity index (χ0) is 27.4. The van der Waals surface area contributed by atoms with Crippen LogP contribution in [0.4, 0.5) is 0 Å². The number of aromatic amines is 1. The first-order chi connectivity index (χ1) is 18.1. The van der Waals surface area contributed by atoms with E-state index in [1.54, 1.807) is 33.6 Å². The second kappa shape index (κ2) is 11.3. The van der Waals surface area contributed by atoms with Crippen LogP contribution >= 0.6 is 0 Å². The van der Waals surface area contributed by atoms with E-state index in [-0.39, 0.29) is 17.4 Å². The van der Waals surface area contributed by atoms with Gasteiger partial charge in [0.2, 0.25) is 0 Å². The minimum absolute atomic E-state index is 0.124. The summed E-state index contributed by atoms with van der Waals surface area (Å²) < 4.78 is 16.7. The molecule has 4 rings (SSSR count). The maximum atomic E-state index is 12.5. The van der Waals surface area contributed by atoms with Gasteiger partial charge in [-0.25, -0.2) is 5.43 Å². The minimum atomic E-state index is -0.366. The molecule has 202 valence electrons. The highest BCUT2D eigenvalue weighted by Gasteiger charge is 2.27. The summed E-state index contributed by atoms with van der Waals surface area (Å²) in [6.45, 7) is 9.98. The number of amides is 1. The van der Waals surface area contributed by atoms with E-state index in [4.69, 9.17) is 14.2 Å². The van der Waals surface area contributed by atoms with Gasteiger partial charge in [-0.1, -0.05) is 20.8 Å². The van der Waals surface area contributed by atoms with Crippen molar-refractivity contribution >= 4 is 12.1 Å². The van der Waals surface area contributed by atoms with Gasteiger partial charge in [0.05, 0.1) is 27.5 Å². The molecule has 2 N–H and O–H groups in total. The number of H-pyrrole nitrogens is 1. The van der Waals surface area contributed by atoms with Gasteiger partial charge in [0.1, 0.15) is 5.75 Å². The molecule has 0 fully saturated rings. The minimum Gasteiger partial charge on any atom is -0.496 e. The highest BCUT2D eigenvalue weighted by atomic mass is 16.5. The Morgan fingerprint density at radius 3 is 2.47 bits per heavy atom. The van der Waals surface area contributed by atoms with Crippen LogP contribution in [-0.2, 0) is 18.4 Å². The molecule has 0 radical (unpaired) electrons. The molecule has 1 aliphatic rings. The van der Waals surface area contributed by atoms with Crippen LogP contribution in [0.1, 0.15) is 72.2 Å². The Hall–Kier alpha value is -3.85. The first-order valence-electron chi connectivity index (χ1n) is 12.7. The SMILES string of the molecule is COc1ccc(/C=N\NC(=O)c2cc(C(C)(C)C)[nH]n2)cc1CN1CCc2cc(OC)c(OC)cc2[C@H]1C. The maximum Gasteiger partial charge on any atom is 0.291 e. The first kappa shape index (κ1) is 27.2. The fourth-order valence-corrected chi connectivity index (χ4v) is 4.68. The predicted octanol–water partition coefficient (Wildman–Crippen LogP) is 4.62. The first-order valence-corrected chi connectivity index (χ1v) is 12.7. The molecule has 9 heteroatoms. The van der Waals surface area contributed by atoms with Gasteiger partial charge in [-0.05, 0) is 66.4 Å². The smallest absolute Gasteiger partial charge is 0.291 e. The number of methoxy groups -OCH3 is 3. The number of rotatable bonds is 8. The largest absolute Gasteiger partial charge is 0.496 e. The van der Waals surface area contributed by atoms with E-state index in [0.29, 0.717) is 12.2 Å². The lowest BCUT2D eigenvalue weighted by Gasteiger charge is -2.36. The number of carbonyl (C=O) groups is 1. The fraction of sp³-hybridized carbons (Fsp3) is 0.414. The lowest BCUT2D eigenvalue weighted by atomic mass is 9.92. The molecule has 0 saturated carbocycles. The number of ether oxygens (including phenoxy) is 3. The summed E-state index contributed by atoms with van der Waals surface area (Å²) in [4.78, 5) is 14.9. The molecule has 1 atom stereocenters. The third-order valence-electron chi connectivity index (χ3n) is 6.99. The average Bonchev–Trinajstić information content (AvgIpc) is 3.41. The van der Waals surface area contributed by atoms with Gasteiger partial charge in [0, 0.05) is 35.8 Å². The number of aromatic nitrogens is 2. The van der Waals surface area contributed by atoms with Crippen molar-refractivity contribution in [1.82, 2.24) is 20.5 Å². The number of fused-ring (bicyclic) bond motifs is 1. The van der Waals surface area contributed by atoms with Crippen molar-refractivity contribution in [2.75, 3.05) is 27.9 Å². The summed E-state index contributed by atoms with van der Waals surface area (Å²) in [5.41, 5.74) is 8.04. The van der Waals surface area contributed by atoms with Crippen molar-refractivity contribution < 1.29 is 19.0 Å². The Balaban J connectivity index is 1.47. The number of hydrazone groups is 1. The van der Waals surface area contributed by atoms with Crippen LogP contribution in [0.25, 0.3) is 0 Å². The van der Waals surface area contributed by atoms with Crippen LogP contribution < -0.4 is 19.6 Å². The second-order valence-electron chi connectivity index (χ2n) is 10.5. The zero-order valence-electron chi connectivity index (χ0n) is 23.2. The van der Waals surface area contributed by atoms with Crippen molar-refractivity contribution in [1.29, 1.82) is 0 Å². The molecule has 3 aromatic rings. The van der Waals surface area contributed by atoms with E-state index in [1.807, 2.05) is 18.2 Å². The molecule has 2 aromatic carbocycles. The lowest BCUT2D eigenvalue weighted by molar-refractivity contribution is 0.0950. The van der Waals surface area contributed by atoms with Gasteiger partial charge in [-0.3, -0.25) is 14.8 Å². The third kappa shape index (κ3) is 5.83. The van der Waals surface area contributed by atoms with Gasteiger partial charge in [0.25, 0.3) is 5.91 Å². The molecular weight excluding hydrogens is 482 g/mol. The summed E-state index contributed by atoms with van der Waals surface area (Å²) in [5, 5.41) is 11.2. The maximum absolute atomic E-state index is 12.5. The summed E-state index contributed by atoms with van der Waals surface area (Å²) in [6.07, 6.45) is 2.55. The molecule has 2 heterocycles. The standard InChI is InChI=1S/C29H37N5O4/c1-18-22-14-26(38-7)25(37-6)13-20(22)10-11-34(18)17-21-12-19(8-9-24(21)36-5)16-30-33-28(35)23-15-27(32-31-23)29(2,3)4/h8-9,12-16,18H,10-11,17H2,1-7H3,(H,31,32)(H,33,35)/b30-16-/t18-/m1/s1. The van der Waals surface area contributed by atoms with Crippen LogP contribution in [0.2, 0.25) is 0 Å². The molecule has 38 heavy (non-hydrogen) atoms. The van der Waals surface area contributed by atoms with E-state index in [1.165, 1.54) is 11.1 Å². The van der Waals surface area contributed by atoms with Crippen molar-refractivity contribution in [3.05, 3.63) is 70.0 Å². The summed E-state index contributed by atoms with van der Waals surface area (Å²) in [7, 11) is 5.00. The van der Waals surface area contributed by atoms with Gasteiger partial charge in [0.15, 0.2) is 17.2 Å². The predicted molar refractivity (Wildman–Crippen MR) is 147 cm³/mol. The topological polar surface area (TPSA) is 101 Å². The van der Waals surface area contributed by atoms with Crippen LogP contribution in [0, 0.1) is 0 Å². The number of nitrogens with zero attached hydrogens (tertiary/aromatic N) is 3. The molecule has 0 unspecified atom stereocenters. The van der Waals surface area contributed by atoms with Crippen molar-refractivity contribution in [3.8, 4) is 17.2 Å². The molecule has 0 bridgehead atoms. The van der Waals surface area contributed by atoms with E-state index in [2.05, 4.69) is 65.5 Å². The number of hydrogen-bond donors (Lipinski definition) is 2.